The average Bonchev–Trinajstić information content (AvgIpc) is 2.65. The molecule has 0 fully saturated rings. The summed E-state index contributed by atoms with van der Waals surface area (Å²) in [5.74, 6) is -5.82. The molecule has 33 heavy (non-hydrogen) atoms. The van der Waals surface area contributed by atoms with Crippen molar-refractivity contribution in [2.45, 2.75) is 19.0 Å². The lowest BCUT2D eigenvalue weighted by Gasteiger charge is -2.31. The van der Waals surface area contributed by atoms with Gasteiger partial charge in [-0.15, -0.1) is 0 Å². The number of amides is 1. The van der Waals surface area contributed by atoms with Crippen molar-refractivity contribution in [1.29, 1.82) is 0 Å². The molecule has 0 aliphatic heterocycles. The molecule has 0 aliphatic rings. The van der Waals surface area contributed by atoms with Crippen LogP contribution in [0.4, 0.5) is 0 Å². The number of hydrogen-bond donors (Lipinski definition) is 6. The maximum absolute atomic E-state index is 12.7. The normalized spacial score (nSPS) is 12.8. The number of nitrogens with zero attached hydrogens (tertiary/aromatic N) is 2. The first-order valence-corrected chi connectivity index (χ1v) is 11.9. The third-order valence-electron chi connectivity index (χ3n) is 3.91. The molecule has 0 spiro atoms. The van der Waals surface area contributed by atoms with Crippen LogP contribution in [0.3, 0.4) is 0 Å². The molecule has 0 aromatic heterocycles. The number of carbonyl (C=O) groups excluding carboxylic acids is 2. The fourth-order valence-electron chi connectivity index (χ4n) is 2.43. The largest absolute Gasteiger partial charge is 0.480 e. The Morgan fingerprint density at radius 3 is 1.76 bits per heavy atom. The summed E-state index contributed by atoms with van der Waals surface area (Å²) in [5, 5.41) is 38.7. The lowest BCUT2D eigenvalue weighted by atomic mass is 10.2. The third-order valence-corrected chi connectivity index (χ3v) is 6.35. The minimum absolute atomic E-state index is 0.0914. The number of carbonyl (C=O) groups is 6. The first kappa shape index (κ1) is 30.6. The SMILES string of the molecule is CC(=O)C(N)CSSCCNC(=O)C(CN(CC(=O)O)CC(=O)O)N(CC(=O)O)CC(=O)O. The molecule has 188 valence electrons. The minimum Gasteiger partial charge on any atom is -0.480 e. The molecule has 0 rings (SSSR count). The van der Waals surface area contributed by atoms with Gasteiger partial charge in [0, 0.05) is 24.6 Å². The Hall–Kier alpha value is -2.40. The van der Waals surface area contributed by atoms with Gasteiger partial charge in [0.2, 0.25) is 5.91 Å². The van der Waals surface area contributed by atoms with E-state index in [1.54, 1.807) is 0 Å². The number of carboxylic acids is 4. The number of rotatable bonds is 19. The van der Waals surface area contributed by atoms with E-state index in [9.17, 15) is 28.8 Å². The molecule has 7 N–H and O–H groups in total. The molecular formula is C17H28N4O10S2. The van der Waals surface area contributed by atoms with Gasteiger partial charge >= 0.3 is 23.9 Å². The predicted octanol–water partition coefficient (Wildman–Crippen LogP) is -2.29. The molecule has 0 heterocycles. The van der Waals surface area contributed by atoms with Crippen LogP contribution in [0.5, 0.6) is 0 Å². The van der Waals surface area contributed by atoms with Crippen LogP contribution in [0.25, 0.3) is 0 Å². The summed E-state index contributed by atoms with van der Waals surface area (Å²) in [6.45, 7) is -2.26. The molecular weight excluding hydrogens is 484 g/mol. The Morgan fingerprint density at radius 1 is 0.848 bits per heavy atom. The molecule has 2 atom stereocenters. The Balaban J connectivity index is 5.27. The van der Waals surface area contributed by atoms with Crippen molar-refractivity contribution >= 4 is 57.2 Å². The molecule has 16 heteroatoms. The molecule has 0 radical (unpaired) electrons. The van der Waals surface area contributed by atoms with Gasteiger partial charge in [-0.25, -0.2) is 0 Å². The quantitative estimate of drug-likeness (QED) is 0.0790. The Labute approximate surface area is 197 Å². The van der Waals surface area contributed by atoms with E-state index in [0.717, 1.165) is 9.80 Å². The lowest BCUT2D eigenvalue weighted by molar-refractivity contribution is -0.148. The fourth-order valence-corrected chi connectivity index (χ4v) is 4.54. The van der Waals surface area contributed by atoms with Gasteiger partial charge in [-0.3, -0.25) is 38.6 Å². The number of aliphatic carboxylic acids is 4. The second-order valence-electron chi connectivity index (χ2n) is 6.78. The highest BCUT2D eigenvalue weighted by molar-refractivity contribution is 8.76. The van der Waals surface area contributed by atoms with E-state index in [-0.39, 0.29) is 12.3 Å². The number of Topliss-reactive ketones (excluding diaryl/α,β-unsaturated/α-hetero) is 1. The Morgan fingerprint density at radius 2 is 1.33 bits per heavy atom. The van der Waals surface area contributed by atoms with Crippen molar-refractivity contribution in [2.75, 3.05) is 50.8 Å². The number of nitrogens with two attached hydrogens (primary N) is 1. The van der Waals surface area contributed by atoms with Gasteiger partial charge in [0.1, 0.15) is 11.8 Å². The minimum atomic E-state index is -1.44. The van der Waals surface area contributed by atoms with Crippen LogP contribution < -0.4 is 11.1 Å². The zero-order valence-corrected chi connectivity index (χ0v) is 19.5. The van der Waals surface area contributed by atoms with Crippen LogP contribution in [0, 0.1) is 0 Å². The van der Waals surface area contributed by atoms with Crippen LogP contribution in [-0.4, -0.2) is 129 Å². The summed E-state index contributed by atoms with van der Waals surface area (Å²) in [6.07, 6.45) is 0. The highest BCUT2D eigenvalue weighted by Crippen LogP contribution is 2.21. The first-order chi connectivity index (χ1) is 15.3. The molecule has 2 unspecified atom stereocenters. The Bertz CT molecular complexity index is 692. The van der Waals surface area contributed by atoms with Crippen LogP contribution in [0.1, 0.15) is 6.92 Å². The maximum atomic E-state index is 12.7. The summed E-state index contributed by atoms with van der Waals surface area (Å²) in [5.41, 5.74) is 5.60. The summed E-state index contributed by atoms with van der Waals surface area (Å²) in [4.78, 5) is 70.0. The van der Waals surface area contributed by atoms with Crippen molar-refractivity contribution in [2.24, 2.45) is 5.73 Å². The zero-order chi connectivity index (χ0) is 25.6. The molecule has 0 bridgehead atoms. The summed E-state index contributed by atoms with van der Waals surface area (Å²) in [7, 11) is 2.63. The monoisotopic (exact) mass is 512 g/mol. The van der Waals surface area contributed by atoms with Crippen molar-refractivity contribution in [3.05, 3.63) is 0 Å². The summed E-state index contributed by atoms with van der Waals surface area (Å²) in [6, 6.07) is -2.06. The van der Waals surface area contributed by atoms with Crippen LogP contribution in [0.2, 0.25) is 0 Å². The number of ketones is 1. The van der Waals surface area contributed by atoms with Crippen LogP contribution in [-0.2, 0) is 28.8 Å². The van der Waals surface area contributed by atoms with Gasteiger partial charge in [0.25, 0.3) is 0 Å². The fraction of sp³-hybridized carbons (Fsp3) is 0.647. The first-order valence-electron chi connectivity index (χ1n) is 9.45. The van der Waals surface area contributed by atoms with Gasteiger partial charge in [-0.05, 0) is 6.92 Å². The summed E-state index contributed by atoms with van der Waals surface area (Å²) < 4.78 is 0. The third kappa shape index (κ3) is 15.1. The second-order valence-corrected chi connectivity index (χ2v) is 9.41. The lowest BCUT2D eigenvalue weighted by Crippen LogP contribution is -2.56. The van der Waals surface area contributed by atoms with E-state index in [1.165, 1.54) is 28.5 Å². The van der Waals surface area contributed by atoms with Gasteiger partial charge in [0.05, 0.1) is 32.2 Å². The molecule has 0 saturated heterocycles. The average molecular weight is 513 g/mol. The predicted molar refractivity (Wildman–Crippen MR) is 119 cm³/mol. The van der Waals surface area contributed by atoms with Crippen molar-refractivity contribution in [3.63, 3.8) is 0 Å². The number of hydrogen-bond acceptors (Lipinski definition) is 11. The topological polar surface area (TPSA) is 228 Å². The van der Waals surface area contributed by atoms with Crippen molar-refractivity contribution < 1.29 is 49.2 Å². The van der Waals surface area contributed by atoms with Crippen LogP contribution in [0.15, 0.2) is 0 Å². The smallest absolute Gasteiger partial charge is 0.317 e. The van der Waals surface area contributed by atoms with Gasteiger partial charge < -0.3 is 31.5 Å². The molecule has 0 aromatic rings. The highest BCUT2D eigenvalue weighted by Gasteiger charge is 2.32. The molecule has 14 nitrogen and oxygen atoms in total. The number of carboxylic acid groups (broad SMARTS) is 4. The van der Waals surface area contributed by atoms with E-state index < -0.39 is 74.6 Å². The molecule has 1 amide bonds. The highest BCUT2D eigenvalue weighted by atomic mass is 33.1. The van der Waals surface area contributed by atoms with Gasteiger partial charge in [-0.1, -0.05) is 21.6 Å². The van der Waals surface area contributed by atoms with Gasteiger partial charge in [0.15, 0.2) is 0 Å². The van der Waals surface area contributed by atoms with E-state index >= 15 is 0 Å². The summed E-state index contributed by atoms with van der Waals surface area (Å²) >= 11 is 0. The molecule has 0 saturated carbocycles. The van der Waals surface area contributed by atoms with Crippen molar-refractivity contribution in [1.82, 2.24) is 15.1 Å². The molecule has 0 aliphatic carbocycles. The van der Waals surface area contributed by atoms with Gasteiger partial charge in [-0.2, -0.15) is 0 Å². The van der Waals surface area contributed by atoms with E-state index in [1.807, 2.05) is 0 Å². The second kappa shape index (κ2) is 16.2. The molecule has 0 aromatic carbocycles. The Kier molecular flexibility index (Phi) is 15.1. The van der Waals surface area contributed by atoms with E-state index in [0.29, 0.717) is 11.5 Å². The number of nitrogens with one attached hydrogen (secondary N) is 1. The standard InChI is InChI=1S/C17H28N4O10S2/c1-10(22)11(18)9-33-32-3-2-19-17(31)12(21(7-15(27)28)8-16(29)30)4-20(5-13(23)24)6-14(25)26/h11-12H,2-9,18H2,1H3,(H,19,31)(H,23,24)(H,25,26)(H,27,28)(H,29,30). The maximum Gasteiger partial charge on any atom is 0.317 e. The van der Waals surface area contributed by atoms with Crippen molar-refractivity contribution in [3.8, 4) is 0 Å². The van der Waals surface area contributed by atoms with E-state index in [2.05, 4.69) is 5.32 Å². The zero-order valence-electron chi connectivity index (χ0n) is 17.8. The van der Waals surface area contributed by atoms with E-state index in [4.69, 9.17) is 26.2 Å². The van der Waals surface area contributed by atoms with Crippen LogP contribution >= 0.6 is 21.6 Å².